The van der Waals surface area contributed by atoms with E-state index in [0.29, 0.717) is 59.4 Å². The maximum Gasteiger partial charge on any atom is 0.188 e. The molecule has 13 heteroatoms. The molecular formula is C35H48ClO11P. The number of benzene rings is 3. The van der Waals surface area contributed by atoms with Crippen molar-refractivity contribution in [1.82, 2.24) is 0 Å². The lowest BCUT2D eigenvalue weighted by molar-refractivity contribution is -2.00. The molecule has 1 saturated carbocycles. The standard InChI is InChI=1S/C35H48O7P.ClHO4/c1-34(2,3)24-19-21-35(36,22-20-24)23-43(31-25(37-4)13-10-14-26(31)38-5,32-27(39-6)15-11-16-28(32)40-7)33-29(41-8)17-12-18-30(33)42-9;2-1(3,4)5/h10-18,24,36H,19-23H2,1-9H3;(H,2,3,4,5)/q+1;/p-1. The Kier molecular flexibility index (Phi) is 13.2. The van der Waals surface area contributed by atoms with Crippen LogP contribution in [0.2, 0.25) is 0 Å². The maximum absolute atomic E-state index is 12.7. The van der Waals surface area contributed by atoms with Gasteiger partial charge < -0.3 is 33.5 Å². The number of aliphatic hydroxyl groups is 1. The second-order valence-electron chi connectivity index (χ2n) is 12.7. The number of hydrogen-bond donors (Lipinski definition) is 1. The van der Waals surface area contributed by atoms with Gasteiger partial charge in [-0.1, -0.05) is 39.0 Å². The minimum absolute atomic E-state index is 0.164. The topological polar surface area (TPSA) is 168 Å². The fourth-order valence-corrected chi connectivity index (χ4v) is 12.4. The van der Waals surface area contributed by atoms with Crippen molar-refractivity contribution in [2.75, 3.05) is 48.8 Å². The number of halogens is 1. The van der Waals surface area contributed by atoms with Crippen LogP contribution in [0.4, 0.5) is 0 Å². The predicted molar refractivity (Wildman–Crippen MR) is 176 cm³/mol. The molecule has 0 radical (unpaired) electrons. The first kappa shape index (κ1) is 39.4. The minimum Gasteiger partial charge on any atom is -0.492 e. The number of rotatable bonds is 11. The Morgan fingerprint density at radius 1 is 0.625 bits per heavy atom. The lowest BCUT2D eigenvalue weighted by Crippen LogP contribution is -2.68. The first-order valence-corrected chi connectivity index (χ1v) is 18.6. The molecule has 3 aromatic carbocycles. The molecule has 0 spiro atoms. The average molecular weight is 711 g/mol. The summed E-state index contributed by atoms with van der Waals surface area (Å²) in [5.41, 5.74) is -0.851. The molecule has 0 amide bonds. The molecule has 0 atom stereocenters. The molecule has 1 fully saturated rings. The quantitative estimate of drug-likeness (QED) is 0.285. The van der Waals surface area contributed by atoms with E-state index in [1.807, 2.05) is 54.6 Å². The van der Waals surface area contributed by atoms with Crippen LogP contribution in [0.15, 0.2) is 54.6 Å². The van der Waals surface area contributed by atoms with E-state index in [0.717, 1.165) is 28.8 Å². The van der Waals surface area contributed by atoms with Crippen molar-refractivity contribution >= 4 is 23.2 Å². The third kappa shape index (κ3) is 8.76. The lowest BCUT2D eigenvalue weighted by Gasteiger charge is -2.43. The van der Waals surface area contributed by atoms with E-state index in [2.05, 4.69) is 20.8 Å². The van der Waals surface area contributed by atoms with Gasteiger partial charge in [-0.2, -0.15) is 0 Å². The molecule has 0 aromatic heterocycles. The van der Waals surface area contributed by atoms with E-state index in [4.69, 9.17) is 47.1 Å². The highest BCUT2D eigenvalue weighted by Gasteiger charge is 2.61. The van der Waals surface area contributed by atoms with Crippen LogP contribution in [0, 0.1) is 21.6 Å². The summed E-state index contributed by atoms with van der Waals surface area (Å²) in [6, 6.07) is 17.4. The van der Waals surface area contributed by atoms with Gasteiger partial charge in [-0.3, -0.25) is 0 Å². The number of ether oxygens (including phenoxy) is 6. The summed E-state index contributed by atoms with van der Waals surface area (Å²) >= 11 is 0. The van der Waals surface area contributed by atoms with Crippen molar-refractivity contribution in [3.63, 3.8) is 0 Å². The Balaban J connectivity index is 0.00000116. The van der Waals surface area contributed by atoms with Crippen LogP contribution in [0.25, 0.3) is 0 Å². The number of hydrogen-bond acceptors (Lipinski definition) is 11. The van der Waals surface area contributed by atoms with Crippen molar-refractivity contribution in [3.05, 3.63) is 54.6 Å². The lowest BCUT2D eigenvalue weighted by atomic mass is 9.69. The van der Waals surface area contributed by atoms with Gasteiger partial charge in [-0.05, 0) is 73.4 Å². The van der Waals surface area contributed by atoms with Crippen molar-refractivity contribution in [1.29, 1.82) is 0 Å². The van der Waals surface area contributed by atoms with E-state index in [9.17, 15) is 5.11 Å². The van der Waals surface area contributed by atoms with E-state index >= 15 is 0 Å². The SMILES string of the molecule is COc1cccc(OC)c1[P+](CC1(O)CCC(C(C)(C)C)CC1)(c1c(OC)cccc1OC)c1c(OC)cccc1OC.[O-][Cl+3]([O-])([O-])[O-]. The zero-order valence-corrected chi connectivity index (χ0v) is 30.8. The molecule has 0 unspecified atom stereocenters. The van der Waals surface area contributed by atoms with Crippen LogP contribution in [0.3, 0.4) is 0 Å². The van der Waals surface area contributed by atoms with Crippen LogP contribution in [0.1, 0.15) is 46.5 Å². The van der Waals surface area contributed by atoms with Gasteiger partial charge in [0.25, 0.3) is 0 Å². The van der Waals surface area contributed by atoms with Gasteiger partial charge in [0.2, 0.25) is 0 Å². The minimum atomic E-state index is -4.94. The van der Waals surface area contributed by atoms with Gasteiger partial charge in [-0.25, -0.2) is 18.6 Å². The Morgan fingerprint density at radius 2 is 0.875 bits per heavy atom. The molecule has 3 aromatic rings. The molecule has 48 heavy (non-hydrogen) atoms. The average Bonchev–Trinajstić information content (AvgIpc) is 3.05. The first-order valence-electron chi connectivity index (χ1n) is 15.4. The normalized spacial score (nSPS) is 18.2. The fraction of sp³-hybridized carbons (Fsp3) is 0.486. The molecule has 0 saturated heterocycles. The summed E-state index contributed by atoms with van der Waals surface area (Å²) in [6.45, 7) is 6.87. The van der Waals surface area contributed by atoms with Crippen molar-refractivity contribution in [2.45, 2.75) is 52.1 Å². The molecule has 1 aliphatic rings. The van der Waals surface area contributed by atoms with Crippen LogP contribution >= 0.6 is 7.26 Å². The summed E-state index contributed by atoms with van der Waals surface area (Å²) in [7, 11) is 1.95. The van der Waals surface area contributed by atoms with Crippen LogP contribution in [-0.2, 0) is 0 Å². The van der Waals surface area contributed by atoms with Crippen LogP contribution < -0.4 is 63.0 Å². The zero-order chi connectivity index (χ0) is 35.9. The van der Waals surface area contributed by atoms with E-state index in [-0.39, 0.29) is 5.41 Å². The van der Waals surface area contributed by atoms with Crippen LogP contribution in [0.5, 0.6) is 34.5 Å². The third-order valence-corrected chi connectivity index (χ3v) is 13.7. The number of methoxy groups -OCH3 is 6. The van der Waals surface area contributed by atoms with Crippen molar-refractivity contribution < 1.29 is 62.4 Å². The Morgan fingerprint density at radius 3 is 1.08 bits per heavy atom. The highest BCUT2D eigenvalue weighted by atomic mass is 35.7. The largest absolute Gasteiger partial charge is 0.492 e. The third-order valence-electron chi connectivity index (χ3n) is 9.02. The molecule has 0 aliphatic heterocycles. The molecular weight excluding hydrogens is 663 g/mol. The summed E-state index contributed by atoms with van der Waals surface area (Å²) in [6.07, 6.45) is 3.54. The summed E-state index contributed by atoms with van der Waals surface area (Å²) in [5.74, 6) is 4.35. The van der Waals surface area contributed by atoms with E-state index in [1.54, 1.807) is 42.7 Å². The van der Waals surface area contributed by atoms with E-state index < -0.39 is 23.1 Å². The van der Waals surface area contributed by atoms with Gasteiger partial charge >= 0.3 is 0 Å². The maximum atomic E-state index is 12.7. The molecule has 4 rings (SSSR count). The van der Waals surface area contributed by atoms with Gasteiger partial charge in [-0.15, -0.1) is 10.2 Å². The van der Waals surface area contributed by atoms with E-state index in [1.165, 1.54) is 0 Å². The molecule has 0 heterocycles. The molecule has 266 valence electrons. The van der Waals surface area contributed by atoms with Gasteiger partial charge in [0.15, 0.2) is 50.4 Å². The monoisotopic (exact) mass is 710 g/mol. The molecule has 0 bridgehead atoms. The second-order valence-corrected chi connectivity index (χ2v) is 16.8. The van der Waals surface area contributed by atoms with Crippen LogP contribution in [-0.4, -0.2) is 59.5 Å². The van der Waals surface area contributed by atoms with Gasteiger partial charge in [0, 0.05) is 0 Å². The Hall–Kier alpha value is -3.02. The van der Waals surface area contributed by atoms with Crippen molar-refractivity contribution in [3.8, 4) is 34.5 Å². The molecule has 11 nitrogen and oxygen atoms in total. The van der Waals surface area contributed by atoms with Gasteiger partial charge in [0.1, 0.15) is 13.4 Å². The zero-order valence-electron chi connectivity index (χ0n) is 29.2. The first-order chi connectivity index (χ1) is 22.5. The molecule has 1 N–H and O–H groups in total. The Labute approximate surface area is 286 Å². The molecule has 1 aliphatic carbocycles. The predicted octanol–water partition coefficient (Wildman–Crippen LogP) is 1.24. The smallest absolute Gasteiger partial charge is 0.188 e. The highest BCUT2D eigenvalue weighted by Crippen LogP contribution is 2.67. The van der Waals surface area contributed by atoms with Crippen molar-refractivity contribution in [2.24, 2.45) is 11.3 Å². The fourth-order valence-electron chi connectivity index (χ4n) is 6.82. The highest BCUT2D eigenvalue weighted by molar-refractivity contribution is 7.96. The summed E-state index contributed by atoms with van der Waals surface area (Å²) in [5, 5.41) is 15.2. The summed E-state index contributed by atoms with van der Waals surface area (Å²) in [4.78, 5) is 0. The van der Waals surface area contributed by atoms with Gasteiger partial charge in [0.05, 0.1) is 48.3 Å². The summed E-state index contributed by atoms with van der Waals surface area (Å²) < 4.78 is 70.7. The Bertz CT molecular complexity index is 1290. The second kappa shape index (κ2) is 16.1.